The highest BCUT2D eigenvalue weighted by molar-refractivity contribution is 6.01. The number of hydrogen-bond acceptors (Lipinski definition) is 6. The maximum atomic E-state index is 13.2. The van der Waals surface area contributed by atoms with Gasteiger partial charge in [-0.2, -0.15) is 0 Å². The van der Waals surface area contributed by atoms with Crippen molar-refractivity contribution in [3.63, 3.8) is 0 Å². The Bertz CT molecular complexity index is 1310. The molecule has 0 unspecified atom stereocenters. The van der Waals surface area contributed by atoms with Crippen LogP contribution < -0.4 is 5.32 Å². The Hall–Kier alpha value is -4.20. The van der Waals surface area contributed by atoms with E-state index in [4.69, 9.17) is 9.47 Å². The molecule has 8 nitrogen and oxygen atoms in total. The number of anilines is 1. The minimum Gasteiger partial charge on any atom is -0.464 e. The number of carbonyl (C=O) groups is 3. The van der Waals surface area contributed by atoms with Crippen LogP contribution in [0.25, 0.3) is 11.1 Å². The Morgan fingerprint density at radius 1 is 0.950 bits per heavy atom. The van der Waals surface area contributed by atoms with Crippen molar-refractivity contribution in [2.24, 2.45) is 0 Å². The Morgan fingerprint density at radius 3 is 2.25 bits per heavy atom. The summed E-state index contributed by atoms with van der Waals surface area (Å²) in [7, 11) is 1.25. The molecule has 40 heavy (non-hydrogen) atoms. The molecule has 3 rings (SSSR count). The standard InChI is InChI=1S/C30H35N3O5.C2H6/c1-7-21-11-9-13-23(15-21)24-16-25(27(31-17-24)28(35)37-6)32-26(34)19-33(29(36)38-30(3,4)5)18-22-12-8-10-20(2)14-22;1-2/h8-17H,7,18-19H2,1-6H3,(H,32,34);1-2H3. The van der Waals surface area contributed by atoms with Crippen LogP contribution in [0.1, 0.15) is 68.7 Å². The zero-order valence-electron chi connectivity index (χ0n) is 24.8. The molecule has 2 amide bonds. The predicted octanol–water partition coefficient (Wildman–Crippen LogP) is 6.81. The molecule has 0 aliphatic rings. The fourth-order valence-corrected chi connectivity index (χ4v) is 3.85. The van der Waals surface area contributed by atoms with E-state index in [2.05, 4.69) is 17.2 Å². The van der Waals surface area contributed by atoms with Crippen LogP contribution in [-0.4, -0.2) is 47.1 Å². The lowest BCUT2D eigenvalue weighted by Crippen LogP contribution is -2.41. The van der Waals surface area contributed by atoms with Crippen molar-refractivity contribution < 1.29 is 23.9 Å². The van der Waals surface area contributed by atoms with Crippen LogP contribution in [0, 0.1) is 6.92 Å². The molecule has 0 spiro atoms. The second kappa shape index (κ2) is 14.8. The van der Waals surface area contributed by atoms with E-state index < -0.39 is 23.6 Å². The number of aromatic nitrogens is 1. The third-order valence-corrected chi connectivity index (χ3v) is 5.65. The molecule has 0 bridgehead atoms. The van der Waals surface area contributed by atoms with E-state index in [1.165, 1.54) is 12.0 Å². The monoisotopic (exact) mass is 547 g/mol. The summed E-state index contributed by atoms with van der Waals surface area (Å²) in [5.74, 6) is -1.19. The number of nitrogens with zero attached hydrogens (tertiary/aromatic N) is 2. The lowest BCUT2D eigenvalue weighted by Gasteiger charge is -2.27. The molecule has 8 heteroatoms. The first-order chi connectivity index (χ1) is 19.0. The molecular weight excluding hydrogens is 506 g/mol. The lowest BCUT2D eigenvalue weighted by molar-refractivity contribution is -0.117. The number of ether oxygens (including phenoxy) is 2. The second-order valence-corrected chi connectivity index (χ2v) is 10.0. The van der Waals surface area contributed by atoms with Crippen molar-refractivity contribution >= 4 is 23.7 Å². The first-order valence-electron chi connectivity index (χ1n) is 13.5. The Morgan fingerprint density at radius 2 is 1.62 bits per heavy atom. The first kappa shape index (κ1) is 32.0. The van der Waals surface area contributed by atoms with Crippen LogP contribution >= 0.6 is 0 Å². The van der Waals surface area contributed by atoms with Crippen molar-refractivity contribution in [3.05, 3.63) is 83.2 Å². The third kappa shape index (κ3) is 9.52. The number of hydrogen-bond donors (Lipinski definition) is 1. The van der Waals surface area contributed by atoms with Crippen LogP contribution in [0.4, 0.5) is 10.5 Å². The highest BCUT2D eigenvalue weighted by Crippen LogP contribution is 2.26. The van der Waals surface area contributed by atoms with Crippen LogP contribution in [0.2, 0.25) is 0 Å². The summed E-state index contributed by atoms with van der Waals surface area (Å²) in [6.07, 6.45) is 1.82. The molecule has 0 aliphatic carbocycles. The summed E-state index contributed by atoms with van der Waals surface area (Å²) < 4.78 is 10.4. The maximum Gasteiger partial charge on any atom is 0.411 e. The van der Waals surface area contributed by atoms with Gasteiger partial charge in [0.15, 0.2) is 5.69 Å². The number of nitrogens with one attached hydrogen (secondary N) is 1. The quantitative estimate of drug-likeness (QED) is 0.311. The van der Waals surface area contributed by atoms with Gasteiger partial charge in [-0.3, -0.25) is 9.69 Å². The largest absolute Gasteiger partial charge is 0.464 e. The number of esters is 1. The van der Waals surface area contributed by atoms with E-state index in [0.29, 0.717) is 0 Å². The number of amides is 2. The Balaban J connectivity index is 0.00000274. The minimum absolute atomic E-state index is 0.0289. The lowest BCUT2D eigenvalue weighted by atomic mass is 10.0. The molecule has 3 aromatic rings. The average molecular weight is 548 g/mol. The van der Waals surface area contributed by atoms with E-state index in [1.54, 1.807) is 33.0 Å². The fourth-order valence-electron chi connectivity index (χ4n) is 3.85. The van der Waals surface area contributed by atoms with Crippen molar-refractivity contribution in [2.75, 3.05) is 19.0 Å². The van der Waals surface area contributed by atoms with E-state index in [0.717, 1.165) is 34.2 Å². The van der Waals surface area contributed by atoms with Gasteiger partial charge in [0.2, 0.25) is 5.91 Å². The van der Waals surface area contributed by atoms with Gasteiger partial charge in [-0.1, -0.05) is 74.9 Å². The second-order valence-electron chi connectivity index (χ2n) is 10.0. The van der Waals surface area contributed by atoms with Gasteiger partial charge in [-0.15, -0.1) is 0 Å². The van der Waals surface area contributed by atoms with Gasteiger partial charge in [0.05, 0.1) is 12.8 Å². The van der Waals surface area contributed by atoms with E-state index in [-0.39, 0.29) is 24.5 Å². The number of methoxy groups -OCH3 is 1. The van der Waals surface area contributed by atoms with Crippen LogP contribution in [0.15, 0.2) is 60.8 Å². The van der Waals surface area contributed by atoms with E-state index >= 15 is 0 Å². The molecule has 1 N–H and O–H groups in total. The van der Waals surface area contributed by atoms with Crippen LogP contribution in [0.5, 0.6) is 0 Å². The zero-order valence-corrected chi connectivity index (χ0v) is 24.8. The van der Waals surface area contributed by atoms with Crippen molar-refractivity contribution in [1.29, 1.82) is 0 Å². The topological polar surface area (TPSA) is 97.8 Å². The minimum atomic E-state index is -0.734. The molecule has 0 atom stereocenters. The van der Waals surface area contributed by atoms with Crippen LogP contribution in [-0.2, 0) is 27.2 Å². The Kier molecular flexibility index (Phi) is 11.9. The first-order valence-corrected chi connectivity index (χ1v) is 13.5. The molecule has 1 aromatic heterocycles. The molecule has 0 saturated heterocycles. The van der Waals surface area contributed by atoms with Gasteiger partial charge in [-0.25, -0.2) is 14.6 Å². The number of pyridine rings is 1. The molecule has 2 aromatic carbocycles. The molecule has 0 aliphatic heterocycles. The van der Waals surface area contributed by atoms with Crippen molar-refractivity contribution in [3.8, 4) is 11.1 Å². The van der Waals surface area contributed by atoms with Crippen molar-refractivity contribution in [2.45, 2.75) is 67.0 Å². The maximum absolute atomic E-state index is 13.2. The molecule has 0 fully saturated rings. The summed E-state index contributed by atoms with van der Waals surface area (Å²) in [6, 6.07) is 17.3. The van der Waals surface area contributed by atoms with Crippen LogP contribution in [0.3, 0.4) is 0 Å². The van der Waals surface area contributed by atoms with Gasteiger partial charge in [0.1, 0.15) is 12.1 Å². The number of carbonyl (C=O) groups excluding carboxylic acids is 3. The SMILES string of the molecule is CC.CCc1cccc(-c2cnc(C(=O)OC)c(NC(=O)CN(Cc3cccc(C)c3)C(=O)OC(C)(C)C)c2)c1. The summed E-state index contributed by atoms with van der Waals surface area (Å²) in [5, 5.41) is 2.76. The smallest absolute Gasteiger partial charge is 0.411 e. The third-order valence-electron chi connectivity index (χ3n) is 5.65. The molecule has 0 radical (unpaired) electrons. The van der Waals surface area contributed by atoms with Gasteiger partial charge in [-0.05, 0) is 56.9 Å². The highest BCUT2D eigenvalue weighted by atomic mass is 16.6. The summed E-state index contributed by atoms with van der Waals surface area (Å²) in [5.41, 5.74) is 4.11. The van der Waals surface area contributed by atoms with Gasteiger partial charge in [0, 0.05) is 18.3 Å². The molecular formula is C32H41N3O5. The summed E-state index contributed by atoms with van der Waals surface area (Å²) in [6.45, 7) is 13.2. The number of rotatable bonds is 8. The zero-order chi connectivity index (χ0) is 29.9. The fraction of sp³-hybridized carbons (Fsp3) is 0.375. The Labute approximate surface area is 237 Å². The molecule has 214 valence electrons. The molecule has 1 heterocycles. The highest BCUT2D eigenvalue weighted by Gasteiger charge is 2.25. The van der Waals surface area contributed by atoms with Gasteiger partial charge < -0.3 is 14.8 Å². The van der Waals surface area contributed by atoms with Crippen molar-refractivity contribution in [1.82, 2.24) is 9.88 Å². The average Bonchev–Trinajstić information content (AvgIpc) is 2.92. The normalized spacial score (nSPS) is 10.6. The number of benzene rings is 2. The summed E-state index contributed by atoms with van der Waals surface area (Å²) >= 11 is 0. The molecule has 0 saturated carbocycles. The van der Waals surface area contributed by atoms with E-state index in [1.807, 2.05) is 69.3 Å². The van der Waals surface area contributed by atoms with Gasteiger partial charge in [0.25, 0.3) is 0 Å². The van der Waals surface area contributed by atoms with Gasteiger partial charge >= 0.3 is 12.1 Å². The predicted molar refractivity (Wildman–Crippen MR) is 158 cm³/mol. The number of aryl methyl sites for hydroxylation is 2. The summed E-state index contributed by atoms with van der Waals surface area (Å²) in [4.78, 5) is 44.2. The van der Waals surface area contributed by atoms with E-state index in [9.17, 15) is 14.4 Å².